The van der Waals surface area contributed by atoms with E-state index in [1.165, 1.54) is 0 Å². The van der Waals surface area contributed by atoms with E-state index in [-0.39, 0.29) is 0 Å². The van der Waals surface area contributed by atoms with E-state index >= 15 is 0 Å². The molecule has 5 heteroatoms. The molecule has 0 saturated carbocycles. The molecule has 0 aromatic carbocycles. The van der Waals surface area contributed by atoms with Crippen LogP contribution >= 0.6 is 0 Å². The largest absolute Gasteiger partial charge is 0.481 e. The summed E-state index contributed by atoms with van der Waals surface area (Å²) >= 11 is 0. The number of rotatable bonds is 4. The molecule has 0 aliphatic carbocycles. The summed E-state index contributed by atoms with van der Waals surface area (Å²) in [5, 5.41) is 16.7. The topological polar surface area (TPSA) is 101 Å². The van der Waals surface area contributed by atoms with E-state index in [0.29, 0.717) is 0 Å². The van der Waals surface area contributed by atoms with Crippen LogP contribution in [0.1, 0.15) is 0 Å². The molecule has 0 spiro atoms. The van der Waals surface area contributed by atoms with Crippen molar-refractivity contribution in [3.05, 3.63) is 12.7 Å². The summed E-state index contributed by atoms with van der Waals surface area (Å²) in [6, 6.07) is -1.05. The quantitative estimate of drug-likeness (QED) is 0.371. The number of hydrogen-bond donors (Lipinski definition) is 3. The van der Waals surface area contributed by atoms with E-state index in [0.717, 1.165) is 6.08 Å². The van der Waals surface area contributed by atoms with Gasteiger partial charge < -0.3 is 15.9 Å². The summed E-state index contributed by atoms with van der Waals surface area (Å²) in [6.07, 6.45) is 1.09. The zero-order valence-corrected chi connectivity index (χ0v) is 5.73. The summed E-state index contributed by atoms with van der Waals surface area (Å²) < 4.78 is 0. The summed E-state index contributed by atoms with van der Waals surface area (Å²) in [7, 11) is 0. The number of hydrogen-bond acceptors (Lipinski definition) is 3. The third-order valence-electron chi connectivity index (χ3n) is 1.19. The molecule has 0 rings (SSSR count). The maximum Gasteiger partial charge on any atom is 0.319 e. The molecule has 4 N–H and O–H groups in total. The number of nitrogens with two attached hydrogens (primary N) is 1. The molecule has 0 radical (unpaired) electrons. The van der Waals surface area contributed by atoms with E-state index in [1.54, 1.807) is 0 Å². The van der Waals surface area contributed by atoms with Crippen molar-refractivity contribution in [3.8, 4) is 0 Å². The molecule has 0 aromatic heterocycles. The predicted octanol–water partition coefficient (Wildman–Crippen LogP) is -0.715. The normalized spacial score (nSPS) is 12.5. The molecule has 62 valence electrons. The minimum Gasteiger partial charge on any atom is -0.481 e. The number of aliphatic carboxylic acids is 2. The van der Waals surface area contributed by atoms with Crippen LogP contribution in [0.15, 0.2) is 12.7 Å². The average molecular weight is 159 g/mol. The minimum absolute atomic E-state index is 1.05. The van der Waals surface area contributed by atoms with Crippen molar-refractivity contribution in [2.45, 2.75) is 6.04 Å². The van der Waals surface area contributed by atoms with Crippen molar-refractivity contribution >= 4 is 11.9 Å². The highest BCUT2D eigenvalue weighted by Crippen LogP contribution is 2.02. The van der Waals surface area contributed by atoms with Gasteiger partial charge in [0.05, 0.1) is 0 Å². The van der Waals surface area contributed by atoms with Crippen molar-refractivity contribution < 1.29 is 19.8 Å². The molecule has 1 unspecified atom stereocenters. The number of carbonyl (C=O) groups is 2. The van der Waals surface area contributed by atoms with E-state index in [2.05, 4.69) is 6.58 Å². The Hall–Kier alpha value is -1.36. The van der Waals surface area contributed by atoms with Crippen molar-refractivity contribution in [2.75, 3.05) is 0 Å². The zero-order valence-electron chi connectivity index (χ0n) is 5.73. The third kappa shape index (κ3) is 2.38. The first-order valence-corrected chi connectivity index (χ1v) is 2.84. The summed E-state index contributed by atoms with van der Waals surface area (Å²) in [4.78, 5) is 20.5. The van der Waals surface area contributed by atoms with Crippen LogP contribution in [0.4, 0.5) is 0 Å². The Balaban J connectivity index is 4.46. The van der Waals surface area contributed by atoms with Crippen LogP contribution in [-0.2, 0) is 9.59 Å². The third-order valence-corrected chi connectivity index (χ3v) is 1.19. The molecule has 0 bridgehead atoms. The Morgan fingerprint density at radius 1 is 1.36 bits per heavy atom. The first-order valence-electron chi connectivity index (χ1n) is 2.84. The lowest BCUT2D eigenvalue weighted by molar-refractivity contribution is -0.154. The fraction of sp³-hybridized carbons (Fsp3) is 0.333. The Morgan fingerprint density at radius 2 is 1.73 bits per heavy atom. The molecule has 0 amide bonds. The van der Waals surface area contributed by atoms with Gasteiger partial charge in [0.15, 0.2) is 5.92 Å². The summed E-state index contributed by atoms with van der Waals surface area (Å²) in [5.41, 5.74) is 5.14. The molecular weight excluding hydrogens is 150 g/mol. The van der Waals surface area contributed by atoms with Gasteiger partial charge in [-0.05, 0) is 0 Å². The van der Waals surface area contributed by atoms with Gasteiger partial charge >= 0.3 is 11.9 Å². The molecule has 0 aliphatic heterocycles. The van der Waals surface area contributed by atoms with Gasteiger partial charge in [0, 0.05) is 6.04 Å². The van der Waals surface area contributed by atoms with Gasteiger partial charge in [0.2, 0.25) is 0 Å². The minimum atomic E-state index is -1.60. The van der Waals surface area contributed by atoms with Crippen LogP contribution in [0.25, 0.3) is 0 Å². The molecular formula is C6H9NO4. The molecule has 1 atom stereocenters. The van der Waals surface area contributed by atoms with Crippen molar-refractivity contribution in [3.63, 3.8) is 0 Å². The Morgan fingerprint density at radius 3 is 1.82 bits per heavy atom. The van der Waals surface area contributed by atoms with E-state index in [4.69, 9.17) is 15.9 Å². The summed E-state index contributed by atoms with van der Waals surface area (Å²) in [5.74, 6) is -4.51. The smallest absolute Gasteiger partial charge is 0.319 e. The lowest BCUT2D eigenvalue weighted by atomic mass is 10.0. The zero-order chi connectivity index (χ0) is 9.02. The highest BCUT2D eigenvalue weighted by atomic mass is 16.4. The number of carboxylic acids is 2. The molecule has 0 aromatic rings. The first-order chi connectivity index (χ1) is 5.00. The highest BCUT2D eigenvalue weighted by molar-refractivity contribution is 5.94. The maximum absolute atomic E-state index is 10.2. The Bertz CT molecular complexity index is 175. The second kappa shape index (κ2) is 3.72. The van der Waals surface area contributed by atoms with Gasteiger partial charge in [0.25, 0.3) is 0 Å². The monoisotopic (exact) mass is 159 g/mol. The van der Waals surface area contributed by atoms with Gasteiger partial charge in [-0.2, -0.15) is 0 Å². The Labute approximate surface area is 63.1 Å². The van der Waals surface area contributed by atoms with Crippen molar-refractivity contribution in [1.82, 2.24) is 0 Å². The van der Waals surface area contributed by atoms with Crippen LogP contribution in [0.3, 0.4) is 0 Å². The van der Waals surface area contributed by atoms with Gasteiger partial charge in [-0.3, -0.25) is 9.59 Å². The average Bonchev–Trinajstić information content (AvgIpc) is 1.85. The van der Waals surface area contributed by atoms with Crippen LogP contribution in [-0.4, -0.2) is 28.2 Å². The van der Waals surface area contributed by atoms with Gasteiger partial charge in [-0.25, -0.2) is 0 Å². The highest BCUT2D eigenvalue weighted by Gasteiger charge is 2.30. The maximum atomic E-state index is 10.2. The summed E-state index contributed by atoms with van der Waals surface area (Å²) in [6.45, 7) is 3.19. The second-order valence-electron chi connectivity index (χ2n) is 1.97. The lowest BCUT2D eigenvalue weighted by Crippen LogP contribution is -2.39. The van der Waals surface area contributed by atoms with Crippen LogP contribution in [0.5, 0.6) is 0 Å². The van der Waals surface area contributed by atoms with E-state index < -0.39 is 23.9 Å². The van der Waals surface area contributed by atoms with Crippen molar-refractivity contribution in [1.29, 1.82) is 0 Å². The van der Waals surface area contributed by atoms with Crippen LogP contribution < -0.4 is 5.73 Å². The first kappa shape index (κ1) is 9.64. The fourth-order valence-corrected chi connectivity index (χ4v) is 0.571. The van der Waals surface area contributed by atoms with Gasteiger partial charge in [-0.15, -0.1) is 6.58 Å². The van der Waals surface area contributed by atoms with Crippen LogP contribution in [0, 0.1) is 5.92 Å². The standard InChI is InChI=1S/C6H9NO4/c1-2-3(7)4(5(8)9)6(10)11/h2-4H,1,7H2,(H,8,9)(H,10,11). The number of carboxylic acid groups (broad SMARTS) is 2. The van der Waals surface area contributed by atoms with Crippen LogP contribution in [0.2, 0.25) is 0 Å². The van der Waals surface area contributed by atoms with Gasteiger partial charge in [0.1, 0.15) is 0 Å². The fourth-order valence-electron chi connectivity index (χ4n) is 0.571. The molecule has 0 aliphatic rings. The lowest BCUT2D eigenvalue weighted by Gasteiger charge is -2.10. The predicted molar refractivity (Wildman–Crippen MR) is 36.9 cm³/mol. The second-order valence-corrected chi connectivity index (χ2v) is 1.97. The molecule has 0 saturated heterocycles. The van der Waals surface area contributed by atoms with Crippen molar-refractivity contribution in [2.24, 2.45) is 11.7 Å². The molecule has 0 fully saturated rings. The molecule has 0 heterocycles. The van der Waals surface area contributed by atoms with E-state index in [1.807, 2.05) is 0 Å². The van der Waals surface area contributed by atoms with E-state index in [9.17, 15) is 9.59 Å². The molecule has 5 nitrogen and oxygen atoms in total. The SMILES string of the molecule is C=CC(N)C(C(=O)O)C(=O)O. The molecule has 11 heavy (non-hydrogen) atoms. The van der Waals surface area contributed by atoms with Gasteiger partial charge in [-0.1, -0.05) is 6.08 Å². The Kier molecular flexibility index (Phi) is 3.26.